The molecule has 2 aromatic carbocycles. The lowest BCUT2D eigenvalue weighted by Gasteiger charge is -2.34. The molecule has 2 atom stereocenters. The molecule has 1 aliphatic heterocycles. The summed E-state index contributed by atoms with van der Waals surface area (Å²) in [4.78, 5) is 13.3. The van der Waals surface area contributed by atoms with Crippen molar-refractivity contribution in [2.24, 2.45) is 0 Å². The maximum Gasteiger partial charge on any atom is 0.417 e. The van der Waals surface area contributed by atoms with Crippen molar-refractivity contribution in [2.75, 3.05) is 19.7 Å². The first-order valence-electron chi connectivity index (χ1n) is 9.23. The molecule has 162 valence electrons. The summed E-state index contributed by atoms with van der Waals surface area (Å²) < 4.78 is 72.5. The molecule has 30 heavy (non-hydrogen) atoms. The average molecular weight is 442 g/mol. The number of alkyl halides is 3. The average Bonchev–Trinajstić information content (AvgIpc) is 2.73. The Morgan fingerprint density at radius 2 is 1.77 bits per heavy atom. The molecule has 3 rings (SSSR count). The van der Waals surface area contributed by atoms with Crippen LogP contribution in [0.1, 0.15) is 24.2 Å². The maximum atomic E-state index is 13.2. The summed E-state index contributed by atoms with van der Waals surface area (Å²) in [6.07, 6.45) is -5.20. The van der Waals surface area contributed by atoms with E-state index in [1.807, 2.05) is 30.3 Å². The standard InChI is InChI=1S/C20H21F3N2O4S/c1-14(24-30(27,28)18-10-6-5-9-16(18)20(21,22)23)19(26)25-11-12-29-17(13-25)15-7-3-2-4-8-15/h2-10,14,17,24H,11-13H2,1H3/t14-,17?/m0/s1. The van der Waals surface area contributed by atoms with Crippen molar-refractivity contribution >= 4 is 15.9 Å². The van der Waals surface area contributed by atoms with Gasteiger partial charge in [-0.1, -0.05) is 42.5 Å². The number of hydrogen-bond acceptors (Lipinski definition) is 4. The zero-order chi connectivity index (χ0) is 21.9. The summed E-state index contributed by atoms with van der Waals surface area (Å²) in [6, 6.07) is 11.9. The molecule has 0 bridgehead atoms. The van der Waals surface area contributed by atoms with Gasteiger partial charge in [0.2, 0.25) is 15.9 Å². The molecule has 1 N–H and O–H groups in total. The first-order chi connectivity index (χ1) is 14.1. The molecular formula is C20H21F3N2O4S. The summed E-state index contributed by atoms with van der Waals surface area (Å²) in [5.41, 5.74) is -0.407. The van der Waals surface area contributed by atoms with Gasteiger partial charge in [-0.15, -0.1) is 0 Å². The van der Waals surface area contributed by atoms with Crippen LogP contribution in [0.3, 0.4) is 0 Å². The van der Waals surface area contributed by atoms with Gasteiger partial charge in [-0.25, -0.2) is 8.42 Å². The number of morpholine rings is 1. The van der Waals surface area contributed by atoms with Crippen molar-refractivity contribution < 1.29 is 31.1 Å². The Hall–Kier alpha value is -2.43. The van der Waals surface area contributed by atoms with Gasteiger partial charge < -0.3 is 9.64 Å². The van der Waals surface area contributed by atoms with Crippen molar-refractivity contribution in [3.05, 3.63) is 65.7 Å². The molecule has 1 heterocycles. The number of ether oxygens (including phenoxy) is 1. The topological polar surface area (TPSA) is 75.7 Å². The van der Waals surface area contributed by atoms with Crippen LogP contribution in [0, 0.1) is 0 Å². The van der Waals surface area contributed by atoms with Crippen LogP contribution < -0.4 is 4.72 Å². The third kappa shape index (κ3) is 5.00. The molecule has 10 heteroatoms. The van der Waals surface area contributed by atoms with E-state index in [-0.39, 0.29) is 25.8 Å². The molecule has 2 aromatic rings. The van der Waals surface area contributed by atoms with E-state index in [1.54, 1.807) is 0 Å². The Balaban J connectivity index is 1.74. The molecule has 0 aliphatic carbocycles. The Morgan fingerprint density at radius 1 is 1.13 bits per heavy atom. The fourth-order valence-electron chi connectivity index (χ4n) is 3.27. The van der Waals surface area contributed by atoms with Crippen LogP contribution in [-0.4, -0.2) is 45.0 Å². The van der Waals surface area contributed by atoms with E-state index in [1.165, 1.54) is 17.9 Å². The molecule has 1 amide bonds. The van der Waals surface area contributed by atoms with E-state index in [9.17, 15) is 26.4 Å². The Kier molecular flexibility index (Phi) is 6.49. The molecule has 0 aromatic heterocycles. The minimum Gasteiger partial charge on any atom is -0.370 e. The van der Waals surface area contributed by atoms with Crippen molar-refractivity contribution in [2.45, 2.75) is 30.1 Å². The second-order valence-electron chi connectivity index (χ2n) is 6.89. The van der Waals surface area contributed by atoms with E-state index in [4.69, 9.17) is 4.74 Å². The van der Waals surface area contributed by atoms with Crippen molar-refractivity contribution in [3.8, 4) is 0 Å². The van der Waals surface area contributed by atoms with Crippen LogP contribution in [0.2, 0.25) is 0 Å². The Morgan fingerprint density at radius 3 is 2.43 bits per heavy atom. The molecule has 1 unspecified atom stereocenters. The number of carbonyl (C=O) groups excluding carboxylic acids is 1. The third-order valence-corrected chi connectivity index (χ3v) is 6.33. The number of amides is 1. The predicted octanol–water partition coefficient (Wildman–Crippen LogP) is 2.97. The van der Waals surface area contributed by atoms with Crippen molar-refractivity contribution in [3.63, 3.8) is 0 Å². The van der Waals surface area contributed by atoms with Crippen LogP contribution in [0.15, 0.2) is 59.5 Å². The van der Waals surface area contributed by atoms with Crippen LogP contribution in [-0.2, 0) is 25.7 Å². The minimum absolute atomic E-state index is 0.216. The zero-order valence-electron chi connectivity index (χ0n) is 16.1. The summed E-state index contributed by atoms with van der Waals surface area (Å²) in [5.74, 6) is -0.535. The number of nitrogens with zero attached hydrogens (tertiary/aromatic N) is 1. The fourth-order valence-corrected chi connectivity index (χ4v) is 4.70. The Bertz CT molecular complexity index is 997. The fraction of sp³-hybridized carbons (Fsp3) is 0.350. The van der Waals surface area contributed by atoms with Crippen molar-refractivity contribution in [1.29, 1.82) is 0 Å². The number of nitrogens with one attached hydrogen (secondary N) is 1. The molecule has 1 aliphatic rings. The van der Waals surface area contributed by atoms with Gasteiger partial charge >= 0.3 is 6.18 Å². The van der Waals surface area contributed by atoms with E-state index in [2.05, 4.69) is 4.72 Å². The number of rotatable bonds is 5. The number of carbonyl (C=O) groups is 1. The number of hydrogen-bond donors (Lipinski definition) is 1. The number of benzene rings is 2. The Labute approximate surface area is 172 Å². The highest BCUT2D eigenvalue weighted by Crippen LogP contribution is 2.34. The monoisotopic (exact) mass is 442 g/mol. The largest absolute Gasteiger partial charge is 0.417 e. The van der Waals surface area contributed by atoms with E-state index in [0.717, 1.165) is 17.7 Å². The molecule has 0 saturated carbocycles. The second kappa shape index (κ2) is 8.75. The predicted molar refractivity (Wildman–Crippen MR) is 103 cm³/mol. The smallest absolute Gasteiger partial charge is 0.370 e. The van der Waals surface area contributed by atoms with Gasteiger partial charge in [-0.2, -0.15) is 17.9 Å². The normalized spacial score (nSPS) is 18.8. The first-order valence-corrected chi connectivity index (χ1v) is 10.7. The maximum absolute atomic E-state index is 13.2. The van der Waals surface area contributed by atoms with Gasteiger partial charge in [-0.3, -0.25) is 4.79 Å². The quantitative estimate of drug-likeness (QED) is 0.773. The van der Waals surface area contributed by atoms with Crippen LogP contribution >= 0.6 is 0 Å². The van der Waals surface area contributed by atoms with Gasteiger partial charge in [0.25, 0.3) is 0 Å². The van der Waals surface area contributed by atoms with Crippen LogP contribution in [0.4, 0.5) is 13.2 Å². The SMILES string of the molecule is C[C@H](NS(=O)(=O)c1ccccc1C(F)(F)F)C(=O)N1CCOC(c2ccccc2)C1. The zero-order valence-corrected chi connectivity index (χ0v) is 16.9. The number of halogens is 3. The molecule has 1 saturated heterocycles. The highest BCUT2D eigenvalue weighted by atomic mass is 32.2. The molecule has 1 fully saturated rings. The van der Waals surface area contributed by atoms with Gasteiger partial charge in [-0.05, 0) is 24.6 Å². The second-order valence-corrected chi connectivity index (χ2v) is 8.57. The third-order valence-electron chi connectivity index (χ3n) is 4.73. The van der Waals surface area contributed by atoms with Gasteiger partial charge in [0.05, 0.1) is 29.7 Å². The van der Waals surface area contributed by atoms with Gasteiger partial charge in [0.15, 0.2) is 0 Å². The summed E-state index contributed by atoms with van der Waals surface area (Å²) in [7, 11) is -4.57. The molecule has 0 radical (unpaired) electrons. The van der Waals surface area contributed by atoms with Crippen LogP contribution in [0.25, 0.3) is 0 Å². The lowest BCUT2D eigenvalue weighted by atomic mass is 10.1. The highest BCUT2D eigenvalue weighted by molar-refractivity contribution is 7.89. The molecule has 0 spiro atoms. The van der Waals surface area contributed by atoms with Crippen LogP contribution in [0.5, 0.6) is 0 Å². The van der Waals surface area contributed by atoms with E-state index >= 15 is 0 Å². The summed E-state index contributed by atoms with van der Waals surface area (Å²) >= 11 is 0. The minimum atomic E-state index is -4.84. The highest BCUT2D eigenvalue weighted by Gasteiger charge is 2.38. The van der Waals surface area contributed by atoms with E-state index in [0.29, 0.717) is 6.07 Å². The first kappa shape index (κ1) is 22.3. The van der Waals surface area contributed by atoms with Crippen molar-refractivity contribution in [1.82, 2.24) is 9.62 Å². The summed E-state index contributed by atoms with van der Waals surface area (Å²) in [6.45, 7) is 2.05. The number of sulfonamides is 1. The lowest BCUT2D eigenvalue weighted by molar-refractivity contribution is -0.140. The van der Waals surface area contributed by atoms with Gasteiger partial charge in [0, 0.05) is 6.54 Å². The lowest BCUT2D eigenvalue weighted by Crippen LogP contribution is -2.51. The summed E-state index contributed by atoms with van der Waals surface area (Å²) in [5, 5.41) is 0. The van der Waals surface area contributed by atoms with E-state index < -0.39 is 38.6 Å². The molecular weight excluding hydrogens is 421 g/mol. The van der Waals surface area contributed by atoms with Gasteiger partial charge in [0.1, 0.15) is 6.10 Å². The molecule has 6 nitrogen and oxygen atoms in total.